The summed E-state index contributed by atoms with van der Waals surface area (Å²) in [5.74, 6) is 0. The Morgan fingerprint density at radius 3 is 1.62 bits per heavy atom. The minimum atomic E-state index is 1.01. The molecule has 0 saturated carbocycles. The zero-order valence-electron chi connectivity index (χ0n) is 5.46. The maximum Gasteiger partial charge on any atom is 0.0273 e. The Bertz CT molecular complexity index is 72.5. The predicted octanol–water partition coefficient (Wildman–Crippen LogP) is 1.17. The number of rotatable bonds is 3. The maximum atomic E-state index is 3.82. The van der Waals surface area contributed by atoms with Crippen LogP contribution in [0.4, 0.5) is 0 Å². The van der Waals surface area contributed by atoms with Crippen molar-refractivity contribution in [2.75, 3.05) is 14.1 Å². The van der Waals surface area contributed by atoms with Gasteiger partial charge in [-0.3, -0.25) is 0 Å². The molecule has 0 aromatic rings. The van der Waals surface area contributed by atoms with Crippen molar-refractivity contribution < 1.29 is 0 Å². The van der Waals surface area contributed by atoms with Crippen molar-refractivity contribution in [2.24, 2.45) is 9.98 Å². The highest BCUT2D eigenvalue weighted by molar-refractivity contribution is 5.65. The van der Waals surface area contributed by atoms with Crippen LogP contribution in [0.1, 0.15) is 12.8 Å². The molecule has 0 spiro atoms. The molecular weight excluding hydrogens is 100 g/mol. The molecule has 0 rings (SSSR count). The molecule has 0 N–H and O–H groups in total. The smallest absolute Gasteiger partial charge is 0.0273 e. The van der Waals surface area contributed by atoms with Crippen LogP contribution in [0, 0.1) is 0 Å². The summed E-state index contributed by atoms with van der Waals surface area (Å²) in [7, 11) is 3.56. The highest BCUT2D eigenvalue weighted by Crippen LogP contribution is 1.78. The standard InChI is InChI=1S/C6H12N2/c1-7-5-3-4-6-8-2/h5-6H,3-4H2,1-2H3. The second kappa shape index (κ2) is 6.34. The quantitative estimate of drug-likeness (QED) is 0.387. The van der Waals surface area contributed by atoms with E-state index in [9.17, 15) is 0 Å². The fourth-order valence-electron chi connectivity index (χ4n) is 0.407. The molecule has 46 valence electrons. The van der Waals surface area contributed by atoms with Gasteiger partial charge in [0.2, 0.25) is 0 Å². The first-order valence-electron chi connectivity index (χ1n) is 2.73. The lowest BCUT2D eigenvalue weighted by Gasteiger charge is -1.80. The van der Waals surface area contributed by atoms with Crippen LogP contribution in [0.2, 0.25) is 0 Å². The third-order valence-corrected chi connectivity index (χ3v) is 0.790. The van der Waals surface area contributed by atoms with Gasteiger partial charge in [-0.2, -0.15) is 0 Å². The van der Waals surface area contributed by atoms with E-state index in [-0.39, 0.29) is 0 Å². The van der Waals surface area contributed by atoms with Crippen LogP contribution in [0.5, 0.6) is 0 Å². The van der Waals surface area contributed by atoms with Gasteiger partial charge < -0.3 is 9.98 Å². The molecule has 0 heterocycles. The van der Waals surface area contributed by atoms with Gasteiger partial charge in [0.1, 0.15) is 0 Å². The number of unbranched alkanes of at least 4 members (excludes halogenated alkanes) is 1. The maximum absolute atomic E-state index is 3.82. The number of hydrogen-bond acceptors (Lipinski definition) is 2. The first-order chi connectivity index (χ1) is 3.91. The van der Waals surface area contributed by atoms with Crippen molar-refractivity contribution in [3.05, 3.63) is 0 Å². The van der Waals surface area contributed by atoms with Crippen LogP contribution in [-0.4, -0.2) is 26.5 Å². The number of nitrogens with zero attached hydrogens (tertiary/aromatic N) is 2. The van der Waals surface area contributed by atoms with Gasteiger partial charge in [0.15, 0.2) is 0 Å². The lowest BCUT2D eigenvalue weighted by atomic mass is 10.3. The van der Waals surface area contributed by atoms with Gasteiger partial charge in [0.25, 0.3) is 0 Å². The fraction of sp³-hybridized carbons (Fsp3) is 0.667. The molecular formula is C6H12N2. The fourth-order valence-corrected chi connectivity index (χ4v) is 0.407. The minimum Gasteiger partial charge on any atom is -0.301 e. The SMILES string of the molecule is CN=CCCC=NC. The Hall–Kier alpha value is -0.660. The minimum absolute atomic E-state index is 1.01. The summed E-state index contributed by atoms with van der Waals surface area (Å²) >= 11 is 0. The normalized spacial score (nSPS) is 11.8. The van der Waals surface area contributed by atoms with E-state index in [1.165, 1.54) is 0 Å². The first kappa shape index (κ1) is 7.34. The Morgan fingerprint density at radius 1 is 1.00 bits per heavy atom. The van der Waals surface area contributed by atoms with Crippen molar-refractivity contribution in [3.63, 3.8) is 0 Å². The van der Waals surface area contributed by atoms with E-state index in [0.717, 1.165) is 12.8 Å². The summed E-state index contributed by atoms with van der Waals surface area (Å²) in [6, 6.07) is 0. The van der Waals surface area contributed by atoms with E-state index in [1.807, 2.05) is 12.4 Å². The second-order valence-electron chi connectivity index (χ2n) is 1.46. The molecule has 0 aromatic carbocycles. The Labute approximate surface area is 50.4 Å². The van der Waals surface area contributed by atoms with Crippen molar-refractivity contribution in [1.29, 1.82) is 0 Å². The summed E-state index contributed by atoms with van der Waals surface area (Å²) in [5, 5.41) is 0. The highest BCUT2D eigenvalue weighted by Gasteiger charge is 1.72. The summed E-state index contributed by atoms with van der Waals surface area (Å²) in [4.78, 5) is 7.64. The summed E-state index contributed by atoms with van der Waals surface area (Å²) in [5.41, 5.74) is 0. The molecule has 0 amide bonds. The third kappa shape index (κ3) is 5.34. The molecule has 0 aliphatic rings. The zero-order chi connectivity index (χ0) is 6.24. The van der Waals surface area contributed by atoms with E-state index < -0.39 is 0 Å². The number of aliphatic imine (C=N–C) groups is 2. The van der Waals surface area contributed by atoms with E-state index >= 15 is 0 Å². The summed E-state index contributed by atoms with van der Waals surface area (Å²) in [6.07, 6.45) is 5.80. The van der Waals surface area contributed by atoms with Gasteiger partial charge in [-0.25, -0.2) is 0 Å². The molecule has 0 aliphatic carbocycles. The van der Waals surface area contributed by atoms with Crippen molar-refractivity contribution in [2.45, 2.75) is 12.8 Å². The van der Waals surface area contributed by atoms with Gasteiger partial charge in [-0.05, 0) is 25.3 Å². The second-order valence-corrected chi connectivity index (χ2v) is 1.46. The largest absolute Gasteiger partial charge is 0.301 e. The van der Waals surface area contributed by atoms with Crippen LogP contribution in [0.25, 0.3) is 0 Å². The number of hydrogen-bond donors (Lipinski definition) is 0. The van der Waals surface area contributed by atoms with Gasteiger partial charge >= 0.3 is 0 Å². The van der Waals surface area contributed by atoms with E-state index in [2.05, 4.69) is 9.98 Å². The molecule has 0 atom stereocenters. The van der Waals surface area contributed by atoms with Crippen LogP contribution >= 0.6 is 0 Å². The lowest BCUT2D eigenvalue weighted by Crippen LogP contribution is -1.76. The molecule has 0 saturated heterocycles. The van der Waals surface area contributed by atoms with Crippen LogP contribution in [0.15, 0.2) is 9.98 Å². The lowest BCUT2D eigenvalue weighted by molar-refractivity contribution is 1.17. The van der Waals surface area contributed by atoms with Gasteiger partial charge in [-0.1, -0.05) is 0 Å². The first-order valence-corrected chi connectivity index (χ1v) is 2.73. The van der Waals surface area contributed by atoms with Crippen LogP contribution < -0.4 is 0 Å². The van der Waals surface area contributed by atoms with Gasteiger partial charge in [0.05, 0.1) is 0 Å². The predicted molar refractivity (Wildman–Crippen MR) is 38.1 cm³/mol. The van der Waals surface area contributed by atoms with Crippen molar-refractivity contribution >= 4 is 12.4 Å². The molecule has 2 heteroatoms. The molecule has 2 nitrogen and oxygen atoms in total. The van der Waals surface area contributed by atoms with E-state index in [0.29, 0.717) is 0 Å². The highest BCUT2D eigenvalue weighted by atomic mass is 14.6. The molecule has 0 radical (unpaired) electrons. The molecule has 8 heavy (non-hydrogen) atoms. The molecule has 0 unspecified atom stereocenters. The molecule has 0 bridgehead atoms. The summed E-state index contributed by atoms with van der Waals surface area (Å²) in [6.45, 7) is 0. The average molecular weight is 112 g/mol. The topological polar surface area (TPSA) is 24.7 Å². The van der Waals surface area contributed by atoms with Crippen molar-refractivity contribution in [1.82, 2.24) is 0 Å². The Kier molecular flexibility index (Phi) is 5.82. The van der Waals surface area contributed by atoms with E-state index in [4.69, 9.17) is 0 Å². The van der Waals surface area contributed by atoms with Crippen LogP contribution in [-0.2, 0) is 0 Å². The van der Waals surface area contributed by atoms with Gasteiger partial charge in [-0.15, -0.1) is 0 Å². The molecule has 0 aliphatic heterocycles. The van der Waals surface area contributed by atoms with Gasteiger partial charge in [0, 0.05) is 14.1 Å². The van der Waals surface area contributed by atoms with Crippen LogP contribution in [0.3, 0.4) is 0 Å². The molecule has 0 fully saturated rings. The zero-order valence-corrected chi connectivity index (χ0v) is 5.46. The monoisotopic (exact) mass is 112 g/mol. The molecule has 0 aromatic heterocycles. The Balaban J connectivity index is 2.93. The van der Waals surface area contributed by atoms with E-state index in [1.54, 1.807) is 14.1 Å². The third-order valence-electron chi connectivity index (χ3n) is 0.790. The average Bonchev–Trinajstić information content (AvgIpc) is 1.81. The summed E-state index contributed by atoms with van der Waals surface area (Å²) < 4.78 is 0. The van der Waals surface area contributed by atoms with Crippen molar-refractivity contribution in [3.8, 4) is 0 Å². The Morgan fingerprint density at radius 2 is 1.38 bits per heavy atom.